The van der Waals surface area contributed by atoms with Gasteiger partial charge in [-0.1, -0.05) is 0 Å². The molecule has 3 aromatic rings. The van der Waals surface area contributed by atoms with Crippen molar-refractivity contribution in [1.29, 1.82) is 0 Å². The number of pyridine rings is 1. The van der Waals surface area contributed by atoms with Gasteiger partial charge < -0.3 is 5.32 Å². The first-order valence-corrected chi connectivity index (χ1v) is 7.11. The molecule has 0 saturated carbocycles. The summed E-state index contributed by atoms with van der Waals surface area (Å²) < 4.78 is 3.46. The molecule has 1 N–H and O–H groups in total. The third-order valence-electron chi connectivity index (χ3n) is 3.70. The van der Waals surface area contributed by atoms with Crippen LogP contribution in [0.1, 0.15) is 24.2 Å². The van der Waals surface area contributed by atoms with E-state index >= 15 is 0 Å². The number of carbonyl (C=O) groups excluding carboxylic acids is 1. The fraction of sp³-hybridized carbons (Fsp3) is 0.333. The van der Waals surface area contributed by atoms with E-state index in [1.54, 1.807) is 21.8 Å². The summed E-state index contributed by atoms with van der Waals surface area (Å²) in [6.07, 6.45) is 5.27. The standard InChI is InChI=1S/C15H18N6O/c1-10-14-13(20(3)18-10)9-21(19-14)11(2)15(22)17-8-12-4-6-16-7-5-12/h4-7,9,11H,8H2,1-3H3,(H,17,22)/t11-/m1/s1. The molecule has 0 aliphatic heterocycles. The third-order valence-corrected chi connectivity index (χ3v) is 3.70. The van der Waals surface area contributed by atoms with Crippen LogP contribution in [0.3, 0.4) is 0 Å². The SMILES string of the molecule is Cc1nn(C)c2cn([C@H](C)C(=O)NCc3ccncc3)nc12. The fourth-order valence-electron chi connectivity index (χ4n) is 2.36. The molecule has 3 aromatic heterocycles. The Morgan fingerprint density at radius 1 is 1.32 bits per heavy atom. The molecule has 0 unspecified atom stereocenters. The lowest BCUT2D eigenvalue weighted by Gasteiger charge is -2.12. The first-order valence-electron chi connectivity index (χ1n) is 7.11. The molecule has 3 rings (SSSR count). The second-order valence-electron chi connectivity index (χ2n) is 5.30. The van der Waals surface area contributed by atoms with E-state index in [0.717, 1.165) is 22.3 Å². The number of fused-ring (bicyclic) bond motifs is 1. The number of aryl methyl sites for hydroxylation is 2. The summed E-state index contributed by atoms with van der Waals surface area (Å²) >= 11 is 0. The van der Waals surface area contributed by atoms with Gasteiger partial charge in [0, 0.05) is 26.0 Å². The summed E-state index contributed by atoms with van der Waals surface area (Å²) in [7, 11) is 1.87. The van der Waals surface area contributed by atoms with E-state index in [9.17, 15) is 4.79 Å². The van der Waals surface area contributed by atoms with E-state index in [1.165, 1.54) is 0 Å². The van der Waals surface area contributed by atoms with Gasteiger partial charge in [-0.3, -0.25) is 19.1 Å². The second-order valence-corrected chi connectivity index (χ2v) is 5.30. The van der Waals surface area contributed by atoms with Crippen molar-refractivity contribution in [2.24, 2.45) is 7.05 Å². The lowest BCUT2D eigenvalue weighted by atomic mass is 10.2. The van der Waals surface area contributed by atoms with Crippen molar-refractivity contribution in [2.75, 3.05) is 0 Å². The van der Waals surface area contributed by atoms with E-state index in [1.807, 2.05) is 39.2 Å². The van der Waals surface area contributed by atoms with Gasteiger partial charge >= 0.3 is 0 Å². The highest BCUT2D eigenvalue weighted by atomic mass is 16.2. The molecule has 7 nitrogen and oxygen atoms in total. The number of hydrogen-bond acceptors (Lipinski definition) is 4. The summed E-state index contributed by atoms with van der Waals surface area (Å²) in [6.45, 7) is 4.22. The van der Waals surface area contributed by atoms with E-state index in [4.69, 9.17) is 0 Å². The number of hydrogen-bond donors (Lipinski definition) is 1. The summed E-state index contributed by atoms with van der Waals surface area (Å²) in [4.78, 5) is 16.2. The van der Waals surface area contributed by atoms with Crippen LogP contribution < -0.4 is 5.32 Å². The smallest absolute Gasteiger partial charge is 0.244 e. The summed E-state index contributed by atoms with van der Waals surface area (Å²) in [6, 6.07) is 3.37. The fourth-order valence-corrected chi connectivity index (χ4v) is 2.36. The second kappa shape index (κ2) is 5.59. The monoisotopic (exact) mass is 298 g/mol. The van der Waals surface area contributed by atoms with Crippen LogP contribution in [0.15, 0.2) is 30.7 Å². The Morgan fingerprint density at radius 2 is 2.05 bits per heavy atom. The summed E-state index contributed by atoms with van der Waals surface area (Å²) in [5.41, 5.74) is 3.63. The van der Waals surface area contributed by atoms with E-state index in [-0.39, 0.29) is 11.9 Å². The van der Waals surface area contributed by atoms with E-state index in [2.05, 4.69) is 20.5 Å². The lowest BCUT2D eigenvalue weighted by Crippen LogP contribution is -2.30. The van der Waals surface area contributed by atoms with Gasteiger partial charge in [0.15, 0.2) is 0 Å². The van der Waals surface area contributed by atoms with Gasteiger partial charge in [-0.15, -0.1) is 0 Å². The summed E-state index contributed by atoms with van der Waals surface area (Å²) in [5.74, 6) is -0.0739. The molecule has 22 heavy (non-hydrogen) atoms. The van der Waals surface area contributed by atoms with Crippen LogP contribution >= 0.6 is 0 Å². The molecule has 0 aliphatic carbocycles. The maximum Gasteiger partial charge on any atom is 0.244 e. The predicted octanol–water partition coefficient (Wildman–Crippen LogP) is 1.35. The van der Waals surface area contributed by atoms with Crippen molar-refractivity contribution in [2.45, 2.75) is 26.4 Å². The molecule has 0 aromatic carbocycles. The Hall–Kier alpha value is -2.70. The molecular formula is C15H18N6O. The average Bonchev–Trinajstić information content (AvgIpc) is 3.07. The van der Waals surface area contributed by atoms with Crippen molar-refractivity contribution < 1.29 is 4.79 Å². The first kappa shape index (κ1) is 14.2. The van der Waals surface area contributed by atoms with Crippen molar-refractivity contribution in [1.82, 2.24) is 29.9 Å². The summed E-state index contributed by atoms with van der Waals surface area (Å²) in [5, 5.41) is 11.7. The Labute approximate surface area is 128 Å². The topological polar surface area (TPSA) is 77.6 Å². The van der Waals surface area contributed by atoms with Crippen LogP contribution in [0.5, 0.6) is 0 Å². The van der Waals surface area contributed by atoms with E-state index < -0.39 is 0 Å². The number of aromatic nitrogens is 5. The maximum absolute atomic E-state index is 12.3. The van der Waals surface area contributed by atoms with Gasteiger partial charge in [0.2, 0.25) is 5.91 Å². The molecule has 1 amide bonds. The van der Waals surface area contributed by atoms with Gasteiger partial charge in [0.1, 0.15) is 17.1 Å². The number of rotatable bonds is 4. The van der Waals surface area contributed by atoms with Crippen LogP contribution in [0, 0.1) is 6.92 Å². The molecular weight excluding hydrogens is 280 g/mol. The number of carbonyl (C=O) groups is 1. The molecule has 7 heteroatoms. The first-order chi connectivity index (χ1) is 10.6. The highest BCUT2D eigenvalue weighted by Gasteiger charge is 2.18. The van der Waals surface area contributed by atoms with Crippen molar-refractivity contribution in [3.8, 4) is 0 Å². The molecule has 0 saturated heterocycles. The van der Waals surface area contributed by atoms with Gasteiger partial charge in [-0.2, -0.15) is 10.2 Å². The highest BCUT2D eigenvalue weighted by molar-refractivity contribution is 5.81. The lowest BCUT2D eigenvalue weighted by molar-refractivity contribution is -0.124. The molecule has 1 atom stereocenters. The zero-order valence-corrected chi connectivity index (χ0v) is 12.8. The molecule has 0 aliphatic rings. The zero-order valence-electron chi connectivity index (χ0n) is 12.8. The normalized spacial score (nSPS) is 12.5. The van der Waals surface area contributed by atoms with Crippen molar-refractivity contribution >= 4 is 16.9 Å². The van der Waals surface area contributed by atoms with Crippen molar-refractivity contribution in [3.63, 3.8) is 0 Å². The molecule has 114 valence electrons. The quantitative estimate of drug-likeness (QED) is 0.788. The van der Waals surface area contributed by atoms with Crippen LogP contribution in [0.25, 0.3) is 11.0 Å². The molecule has 0 spiro atoms. The van der Waals surface area contributed by atoms with Crippen LogP contribution in [0.4, 0.5) is 0 Å². The average molecular weight is 298 g/mol. The molecule has 0 radical (unpaired) electrons. The van der Waals surface area contributed by atoms with Crippen LogP contribution in [-0.4, -0.2) is 30.5 Å². The number of nitrogens with one attached hydrogen (secondary N) is 1. The highest BCUT2D eigenvalue weighted by Crippen LogP contribution is 2.17. The Bertz CT molecular complexity index is 770. The predicted molar refractivity (Wildman–Crippen MR) is 82.0 cm³/mol. The minimum atomic E-state index is -0.381. The van der Waals surface area contributed by atoms with Gasteiger partial charge in [0.05, 0.1) is 11.9 Å². The largest absolute Gasteiger partial charge is 0.350 e. The molecule has 0 bridgehead atoms. The minimum Gasteiger partial charge on any atom is -0.350 e. The Balaban J connectivity index is 1.73. The van der Waals surface area contributed by atoms with Crippen molar-refractivity contribution in [3.05, 3.63) is 42.0 Å². The van der Waals surface area contributed by atoms with Crippen LogP contribution in [0.2, 0.25) is 0 Å². The minimum absolute atomic E-state index is 0.0739. The zero-order chi connectivity index (χ0) is 15.7. The number of amides is 1. The van der Waals surface area contributed by atoms with Crippen LogP contribution in [-0.2, 0) is 18.4 Å². The van der Waals surface area contributed by atoms with E-state index in [0.29, 0.717) is 6.54 Å². The Morgan fingerprint density at radius 3 is 2.73 bits per heavy atom. The van der Waals surface area contributed by atoms with Gasteiger partial charge in [-0.05, 0) is 31.5 Å². The van der Waals surface area contributed by atoms with Gasteiger partial charge in [-0.25, -0.2) is 0 Å². The maximum atomic E-state index is 12.3. The third kappa shape index (κ3) is 2.57. The molecule has 3 heterocycles. The number of nitrogens with zero attached hydrogens (tertiary/aromatic N) is 5. The molecule has 0 fully saturated rings. The Kier molecular flexibility index (Phi) is 3.62. The van der Waals surface area contributed by atoms with Gasteiger partial charge in [0.25, 0.3) is 0 Å².